The number of nitrogens with one attached hydrogen (secondary N) is 1. The molecule has 3 amide bonds. The van der Waals surface area contributed by atoms with E-state index in [-0.39, 0.29) is 46.9 Å². The molecule has 2 aromatic carbocycles. The number of aromatic nitrogens is 1. The van der Waals surface area contributed by atoms with Gasteiger partial charge in [-0.3, -0.25) is 14.4 Å². The average molecular weight is 636 g/mol. The predicted molar refractivity (Wildman–Crippen MR) is 168 cm³/mol. The van der Waals surface area contributed by atoms with Gasteiger partial charge >= 0.3 is 6.09 Å². The SMILES string of the molecule is CCOC(=O)N1CCN(C(=O)c2ccc(N3C[C@H]4C[C@@H](C3)c3cccc(=O)n3C4)c(NC(=O)Cc3c(F)cccc3Cl)c2)CC1. The summed E-state index contributed by atoms with van der Waals surface area (Å²) in [7, 11) is 0. The van der Waals surface area contributed by atoms with Crippen LogP contribution in [0.2, 0.25) is 5.02 Å². The van der Waals surface area contributed by atoms with Crippen molar-refractivity contribution in [3.8, 4) is 0 Å². The van der Waals surface area contributed by atoms with Crippen LogP contribution in [0.3, 0.4) is 0 Å². The molecular weight excluding hydrogens is 601 g/mol. The maximum atomic E-state index is 14.5. The van der Waals surface area contributed by atoms with Crippen molar-refractivity contribution in [3.05, 3.63) is 92.6 Å². The smallest absolute Gasteiger partial charge is 0.409 e. The van der Waals surface area contributed by atoms with Gasteiger partial charge in [0.25, 0.3) is 11.5 Å². The molecule has 0 unspecified atom stereocenters. The lowest BCUT2D eigenvalue weighted by Crippen LogP contribution is -2.50. The van der Waals surface area contributed by atoms with Crippen LogP contribution in [0, 0.1) is 11.7 Å². The molecule has 3 aliphatic heterocycles. The number of hydrogen-bond donors (Lipinski definition) is 1. The molecule has 0 spiro atoms. The summed E-state index contributed by atoms with van der Waals surface area (Å²) in [4.78, 5) is 57.0. The zero-order valence-corrected chi connectivity index (χ0v) is 25.8. The van der Waals surface area contributed by atoms with Crippen LogP contribution in [0.4, 0.5) is 20.6 Å². The molecular formula is C33H35ClFN5O5. The Hall–Kier alpha value is -4.38. The monoisotopic (exact) mass is 635 g/mol. The summed E-state index contributed by atoms with van der Waals surface area (Å²) >= 11 is 6.20. The van der Waals surface area contributed by atoms with Gasteiger partial charge in [0.05, 0.1) is 24.4 Å². The maximum Gasteiger partial charge on any atom is 0.409 e. The largest absolute Gasteiger partial charge is 0.450 e. The van der Waals surface area contributed by atoms with Gasteiger partial charge in [0.2, 0.25) is 5.91 Å². The molecule has 0 saturated carbocycles. The lowest BCUT2D eigenvalue weighted by Gasteiger charge is -2.44. The van der Waals surface area contributed by atoms with E-state index in [0.717, 1.165) is 17.8 Å². The number of rotatable bonds is 6. The topological polar surface area (TPSA) is 104 Å². The summed E-state index contributed by atoms with van der Waals surface area (Å²) in [6, 6.07) is 14.9. The minimum absolute atomic E-state index is 0.00126. The van der Waals surface area contributed by atoms with Crippen molar-refractivity contribution in [2.45, 2.75) is 32.2 Å². The van der Waals surface area contributed by atoms with E-state index in [1.165, 1.54) is 18.2 Å². The highest BCUT2D eigenvalue weighted by Gasteiger charge is 2.36. The van der Waals surface area contributed by atoms with Gasteiger partial charge in [0.1, 0.15) is 5.82 Å². The number of nitrogens with zero attached hydrogens (tertiary/aromatic N) is 4. The highest BCUT2D eigenvalue weighted by atomic mass is 35.5. The van der Waals surface area contributed by atoms with Crippen LogP contribution in [0.15, 0.2) is 59.4 Å². The first kappa shape index (κ1) is 30.6. The zero-order valence-electron chi connectivity index (χ0n) is 25.0. The number of ether oxygens (including phenoxy) is 1. The minimum atomic E-state index is -0.568. The lowest BCUT2D eigenvalue weighted by molar-refractivity contribution is -0.115. The Morgan fingerprint density at radius 1 is 0.978 bits per heavy atom. The molecule has 3 aromatic rings. The van der Waals surface area contributed by atoms with Gasteiger partial charge < -0.3 is 29.3 Å². The number of fused-ring (bicyclic) bond motifs is 4. The number of piperazine rings is 1. The van der Waals surface area contributed by atoms with Crippen molar-refractivity contribution < 1.29 is 23.5 Å². The maximum absolute atomic E-state index is 14.5. The molecule has 2 atom stereocenters. The number of amides is 3. The summed E-state index contributed by atoms with van der Waals surface area (Å²) in [5, 5.41) is 3.10. The van der Waals surface area contributed by atoms with E-state index < -0.39 is 17.8 Å². The van der Waals surface area contributed by atoms with Crippen LogP contribution in [-0.4, -0.2) is 78.1 Å². The number of carbonyl (C=O) groups is 3. The van der Waals surface area contributed by atoms with E-state index in [1.807, 2.05) is 16.7 Å². The molecule has 1 aromatic heterocycles. The summed E-state index contributed by atoms with van der Waals surface area (Å²) in [5.74, 6) is -0.897. The van der Waals surface area contributed by atoms with Crippen molar-refractivity contribution in [2.75, 3.05) is 56.1 Å². The summed E-state index contributed by atoms with van der Waals surface area (Å²) in [6.07, 6.45) is 0.287. The fraction of sp³-hybridized carbons (Fsp3) is 0.394. The van der Waals surface area contributed by atoms with E-state index in [4.69, 9.17) is 16.3 Å². The third-order valence-electron chi connectivity index (χ3n) is 8.83. The van der Waals surface area contributed by atoms with Crippen LogP contribution < -0.4 is 15.8 Å². The Bertz CT molecular complexity index is 1670. The molecule has 236 valence electrons. The van der Waals surface area contributed by atoms with Crippen LogP contribution in [0.1, 0.15) is 40.9 Å². The number of halogens is 2. The van der Waals surface area contributed by atoms with Gasteiger partial charge in [-0.25, -0.2) is 9.18 Å². The summed E-state index contributed by atoms with van der Waals surface area (Å²) in [5.41, 5.74) is 2.66. The second-order valence-corrected chi connectivity index (χ2v) is 12.1. The van der Waals surface area contributed by atoms with Crippen LogP contribution >= 0.6 is 11.6 Å². The van der Waals surface area contributed by atoms with Gasteiger partial charge in [0.15, 0.2) is 0 Å². The Morgan fingerprint density at radius 2 is 1.73 bits per heavy atom. The average Bonchev–Trinajstić information content (AvgIpc) is 3.03. The first-order chi connectivity index (χ1) is 21.7. The van der Waals surface area contributed by atoms with Crippen molar-refractivity contribution in [1.82, 2.24) is 14.4 Å². The molecule has 6 rings (SSSR count). The number of benzene rings is 2. The number of hydrogen-bond acceptors (Lipinski definition) is 6. The Balaban J connectivity index is 1.26. The van der Waals surface area contributed by atoms with Crippen LogP contribution in [0.5, 0.6) is 0 Å². The lowest BCUT2D eigenvalue weighted by atomic mass is 9.83. The van der Waals surface area contributed by atoms with E-state index in [2.05, 4.69) is 10.2 Å². The third-order valence-corrected chi connectivity index (χ3v) is 9.18. The van der Waals surface area contributed by atoms with Crippen molar-refractivity contribution >= 4 is 40.9 Å². The Morgan fingerprint density at radius 3 is 2.49 bits per heavy atom. The normalized spacial score (nSPS) is 19.1. The molecule has 2 fully saturated rings. The molecule has 2 bridgehead atoms. The fourth-order valence-corrected chi connectivity index (χ4v) is 6.91. The van der Waals surface area contributed by atoms with Crippen molar-refractivity contribution in [3.63, 3.8) is 0 Å². The molecule has 12 heteroatoms. The summed E-state index contributed by atoms with van der Waals surface area (Å²) < 4.78 is 21.5. The van der Waals surface area contributed by atoms with E-state index in [0.29, 0.717) is 57.1 Å². The van der Waals surface area contributed by atoms with Gasteiger partial charge in [0, 0.05) is 79.6 Å². The molecule has 0 aliphatic carbocycles. The van der Waals surface area contributed by atoms with Crippen molar-refractivity contribution in [1.29, 1.82) is 0 Å². The van der Waals surface area contributed by atoms with E-state index in [9.17, 15) is 23.6 Å². The Kier molecular flexibility index (Phi) is 8.80. The van der Waals surface area contributed by atoms with E-state index >= 15 is 0 Å². The highest BCUT2D eigenvalue weighted by Crippen LogP contribution is 2.39. The first-order valence-corrected chi connectivity index (χ1v) is 15.6. The fourth-order valence-electron chi connectivity index (χ4n) is 6.68. The predicted octanol–water partition coefficient (Wildman–Crippen LogP) is 4.36. The Labute approximate surface area is 265 Å². The highest BCUT2D eigenvalue weighted by molar-refractivity contribution is 6.31. The van der Waals surface area contributed by atoms with Gasteiger partial charge in [-0.05, 0) is 55.7 Å². The first-order valence-electron chi connectivity index (χ1n) is 15.2. The minimum Gasteiger partial charge on any atom is -0.450 e. The number of piperidine rings is 1. The molecule has 1 N–H and O–H groups in total. The number of anilines is 2. The van der Waals surface area contributed by atoms with E-state index in [1.54, 1.807) is 41.0 Å². The van der Waals surface area contributed by atoms with Gasteiger partial charge in [-0.1, -0.05) is 23.7 Å². The zero-order chi connectivity index (χ0) is 31.7. The van der Waals surface area contributed by atoms with Gasteiger partial charge in [-0.15, -0.1) is 0 Å². The third kappa shape index (κ3) is 6.40. The van der Waals surface area contributed by atoms with Crippen LogP contribution in [0.25, 0.3) is 0 Å². The number of carbonyl (C=O) groups excluding carboxylic acids is 3. The molecule has 10 nitrogen and oxygen atoms in total. The standard InChI is InChI=1S/C33H35ClFN5O5/c1-2-45-33(44)38-13-11-37(12-14-38)32(43)22-9-10-29(27(16-22)36-30(41)17-24-25(34)5-3-6-26(24)35)39-18-21-15-23(20-39)28-7-4-8-31(42)40(28)19-21/h3-10,16,21,23H,2,11-15,17-20H2,1H3,(H,36,41)/t21-,23+/m1/s1. The summed E-state index contributed by atoms with van der Waals surface area (Å²) in [6.45, 7) is 5.36. The molecule has 0 radical (unpaired) electrons. The second-order valence-electron chi connectivity index (χ2n) is 11.7. The molecule has 3 aliphatic rings. The second kappa shape index (κ2) is 12.9. The van der Waals surface area contributed by atoms with Crippen molar-refractivity contribution in [2.24, 2.45) is 5.92 Å². The number of pyridine rings is 1. The molecule has 4 heterocycles. The molecule has 45 heavy (non-hydrogen) atoms. The molecule has 2 saturated heterocycles. The quantitative estimate of drug-likeness (QED) is 0.432. The van der Waals surface area contributed by atoms with Crippen LogP contribution in [-0.2, 0) is 22.5 Å². The van der Waals surface area contributed by atoms with Gasteiger partial charge in [-0.2, -0.15) is 0 Å².